The van der Waals surface area contributed by atoms with E-state index >= 15 is 0 Å². The van der Waals surface area contributed by atoms with Crippen LogP contribution < -0.4 is 15.1 Å². The second-order valence-corrected chi connectivity index (χ2v) is 8.74. The summed E-state index contributed by atoms with van der Waals surface area (Å²) in [7, 11) is -3.09. The van der Waals surface area contributed by atoms with Gasteiger partial charge in [-0.2, -0.15) is 4.31 Å². The van der Waals surface area contributed by atoms with Gasteiger partial charge in [0.05, 0.1) is 17.6 Å². The number of rotatable bonds is 3. The Kier molecular flexibility index (Phi) is 4.50. The fourth-order valence-electron chi connectivity index (χ4n) is 3.67. The second-order valence-electron chi connectivity index (χ2n) is 6.76. The first kappa shape index (κ1) is 17.2. The van der Waals surface area contributed by atoms with E-state index in [9.17, 15) is 8.42 Å². The Morgan fingerprint density at radius 2 is 1.50 bits per heavy atom. The number of para-hydroxylation sites is 2. The van der Waals surface area contributed by atoms with Gasteiger partial charge in [0.25, 0.3) is 0 Å². The van der Waals surface area contributed by atoms with Crippen molar-refractivity contribution in [2.75, 3.05) is 60.6 Å². The van der Waals surface area contributed by atoms with Crippen LogP contribution in [0.4, 0.5) is 22.7 Å². The molecule has 138 valence electrons. The quantitative estimate of drug-likeness (QED) is 0.896. The zero-order valence-corrected chi connectivity index (χ0v) is 15.7. The van der Waals surface area contributed by atoms with Gasteiger partial charge < -0.3 is 15.1 Å². The summed E-state index contributed by atoms with van der Waals surface area (Å²) in [6.45, 7) is 4.40. The Morgan fingerprint density at radius 1 is 0.846 bits per heavy atom. The van der Waals surface area contributed by atoms with Gasteiger partial charge in [0.15, 0.2) is 0 Å². The summed E-state index contributed by atoms with van der Waals surface area (Å²) < 4.78 is 24.8. The predicted octanol–water partition coefficient (Wildman–Crippen LogP) is 2.33. The van der Waals surface area contributed by atoms with Crippen molar-refractivity contribution >= 4 is 32.8 Å². The molecule has 2 heterocycles. The molecule has 0 aromatic heterocycles. The number of hydrogen-bond donors (Lipinski definition) is 1. The number of benzene rings is 2. The van der Waals surface area contributed by atoms with Gasteiger partial charge in [0.2, 0.25) is 10.0 Å². The molecule has 1 saturated heterocycles. The van der Waals surface area contributed by atoms with Crippen LogP contribution in [0.1, 0.15) is 0 Å². The average Bonchev–Trinajstić information content (AvgIpc) is 2.67. The van der Waals surface area contributed by atoms with Crippen LogP contribution in [0, 0.1) is 0 Å². The molecule has 0 bridgehead atoms. The molecule has 0 saturated carbocycles. The largest absolute Gasteiger partial charge is 0.382 e. The smallest absolute Gasteiger partial charge is 0.211 e. The van der Waals surface area contributed by atoms with Gasteiger partial charge in [-0.1, -0.05) is 12.1 Å². The topological polar surface area (TPSA) is 55.9 Å². The standard InChI is InChI=1S/C19H24N4O2S/c1-26(24,25)22-14-12-21(13-15-22)16-6-8-17(9-7-16)23-11-10-20-18-4-2-3-5-19(18)23/h2-9,20H,10-15H2,1H3. The van der Waals surface area contributed by atoms with E-state index < -0.39 is 10.0 Å². The number of nitrogens with zero attached hydrogens (tertiary/aromatic N) is 3. The van der Waals surface area contributed by atoms with E-state index in [1.165, 1.54) is 23.3 Å². The van der Waals surface area contributed by atoms with Crippen molar-refractivity contribution < 1.29 is 8.42 Å². The van der Waals surface area contributed by atoms with Crippen molar-refractivity contribution in [2.45, 2.75) is 0 Å². The number of sulfonamides is 1. The van der Waals surface area contributed by atoms with E-state index in [0.29, 0.717) is 13.1 Å². The molecule has 0 amide bonds. The van der Waals surface area contributed by atoms with E-state index in [1.54, 1.807) is 4.31 Å². The summed E-state index contributed by atoms with van der Waals surface area (Å²) in [5.74, 6) is 0. The lowest BCUT2D eigenvalue weighted by molar-refractivity contribution is 0.388. The molecule has 0 spiro atoms. The molecular formula is C19H24N4O2S. The first-order valence-corrected chi connectivity index (χ1v) is 10.8. The van der Waals surface area contributed by atoms with E-state index in [1.807, 2.05) is 0 Å². The molecule has 7 heteroatoms. The maximum atomic E-state index is 11.6. The van der Waals surface area contributed by atoms with Crippen molar-refractivity contribution in [1.82, 2.24) is 4.31 Å². The Morgan fingerprint density at radius 3 is 2.19 bits per heavy atom. The monoisotopic (exact) mass is 372 g/mol. The predicted molar refractivity (Wildman–Crippen MR) is 107 cm³/mol. The number of piperazine rings is 1. The van der Waals surface area contributed by atoms with Gasteiger partial charge >= 0.3 is 0 Å². The lowest BCUT2D eigenvalue weighted by atomic mass is 10.1. The molecule has 0 atom stereocenters. The lowest BCUT2D eigenvalue weighted by Gasteiger charge is -2.35. The normalized spacial score (nSPS) is 18.3. The number of nitrogens with one attached hydrogen (secondary N) is 1. The molecule has 26 heavy (non-hydrogen) atoms. The fraction of sp³-hybridized carbons (Fsp3) is 0.368. The highest BCUT2D eigenvalue weighted by molar-refractivity contribution is 7.88. The Bertz CT molecular complexity index is 875. The summed E-state index contributed by atoms with van der Waals surface area (Å²) in [6, 6.07) is 16.9. The summed E-state index contributed by atoms with van der Waals surface area (Å²) in [5, 5.41) is 3.44. The van der Waals surface area contributed by atoms with E-state index in [2.05, 4.69) is 63.6 Å². The molecule has 1 fully saturated rings. The van der Waals surface area contributed by atoms with Crippen molar-refractivity contribution in [3.05, 3.63) is 48.5 Å². The van der Waals surface area contributed by atoms with Crippen LogP contribution in [0.5, 0.6) is 0 Å². The highest BCUT2D eigenvalue weighted by atomic mass is 32.2. The minimum atomic E-state index is -3.09. The minimum Gasteiger partial charge on any atom is -0.382 e. The zero-order chi connectivity index (χ0) is 18.1. The molecule has 0 radical (unpaired) electrons. The summed E-state index contributed by atoms with van der Waals surface area (Å²) in [4.78, 5) is 4.58. The summed E-state index contributed by atoms with van der Waals surface area (Å²) >= 11 is 0. The SMILES string of the molecule is CS(=O)(=O)N1CCN(c2ccc(N3CCNc4ccccc43)cc2)CC1. The Hall–Kier alpha value is -2.25. The second kappa shape index (κ2) is 6.81. The van der Waals surface area contributed by atoms with Crippen molar-refractivity contribution in [1.29, 1.82) is 0 Å². The first-order valence-electron chi connectivity index (χ1n) is 8.93. The maximum Gasteiger partial charge on any atom is 0.211 e. The third-order valence-corrected chi connectivity index (χ3v) is 6.38. The molecule has 4 rings (SSSR count). The van der Waals surface area contributed by atoms with Crippen LogP contribution in [0.15, 0.2) is 48.5 Å². The molecule has 0 unspecified atom stereocenters. The number of anilines is 4. The van der Waals surface area contributed by atoms with Gasteiger partial charge in [-0.25, -0.2) is 8.42 Å². The summed E-state index contributed by atoms with van der Waals surface area (Å²) in [6.07, 6.45) is 1.28. The zero-order valence-electron chi connectivity index (χ0n) is 14.9. The molecule has 1 N–H and O–H groups in total. The van der Waals surface area contributed by atoms with E-state index in [-0.39, 0.29) is 0 Å². The molecule has 2 aromatic rings. The van der Waals surface area contributed by atoms with Crippen LogP contribution in [-0.2, 0) is 10.0 Å². The van der Waals surface area contributed by atoms with E-state index in [4.69, 9.17) is 0 Å². The molecule has 2 aromatic carbocycles. The maximum absolute atomic E-state index is 11.6. The highest BCUT2D eigenvalue weighted by Gasteiger charge is 2.24. The highest BCUT2D eigenvalue weighted by Crippen LogP contribution is 2.35. The molecular weight excluding hydrogens is 348 g/mol. The lowest BCUT2D eigenvalue weighted by Crippen LogP contribution is -2.48. The van der Waals surface area contributed by atoms with Crippen molar-refractivity contribution in [2.24, 2.45) is 0 Å². The van der Waals surface area contributed by atoms with Crippen LogP contribution in [0.3, 0.4) is 0 Å². The van der Waals surface area contributed by atoms with Crippen LogP contribution in [0.25, 0.3) is 0 Å². The third-order valence-electron chi connectivity index (χ3n) is 5.08. The Balaban J connectivity index is 1.49. The van der Waals surface area contributed by atoms with Gasteiger partial charge in [0.1, 0.15) is 0 Å². The van der Waals surface area contributed by atoms with Crippen molar-refractivity contribution in [3.8, 4) is 0 Å². The van der Waals surface area contributed by atoms with Gasteiger partial charge in [-0.3, -0.25) is 0 Å². The van der Waals surface area contributed by atoms with Crippen LogP contribution >= 0.6 is 0 Å². The third kappa shape index (κ3) is 3.37. The molecule has 0 aliphatic carbocycles. The van der Waals surface area contributed by atoms with Crippen molar-refractivity contribution in [3.63, 3.8) is 0 Å². The Labute approximate surface area is 155 Å². The van der Waals surface area contributed by atoms with Gasteiger partial charge in [-0.05, 0) is 36.4 Å². The molecule has 2 aliphatic rings. The molecule has 6 nitrogen and oxygen atoms in total. The first-order chi connectivity index (χ1) is 12.5. The number of hydrogen-bond acceptors (Lipinski definition) is 5. The molecule has 2 aliphatic heterocycles. The van der Waals surface area contributed by atoms with Crippen LogP contribution in [0.2, 0.25) is 0 Å². The number of fused-ring (bicyclic) bond motifs is 1. The minimum absolute atomic E-state index is 0.547. The van der Waals surface area contributed by atoms with Gasteiger partial charge in [-0.15, -0.1) is 0 Å². The summed E-state index contributed by atoms with van der Waals surface area (Å²) in [5.41, 5.74) is 4.69. The van der Waals surface area contributed by atoms with Crippen LogP contribution in [-0.4, -0.2) is 58.2 Å². The fourth-order valence-corrected chi connectivity index (χ4v) is 4.50. The van der Waals surface area contributed by atoms with E-state index in [0.717, 1.165) is 31.9 Å². The average molecular weight is 372 g/mol. The van der Waals surface area contributed by atoms with Gasteiger partial charge in [0, 0.05) is 50.6 Å².